The SMILES string of the molecule is Cc1c(C(N)c2cccc(S(N)(=O)=O)c2)c(=O)oc2cc(OC(=O)N(C)C)c(C#N)cc12. The zero-order valence-corrected chi connectivity index (χ0v) is 18.3. The number of aryl methyl sites for hydroxylation is 1. The molecule has 4 N–H and O–H groups in total. The van der Waals surface area contributed by atoms with Crippen LogP contribution < -0.4 is 21.2 Å². The van der Waals surface area contributed by atoms with E-state index in [1.54, 1.807) is 13.0 Å². The minimum atomic E-state index is -3.96. The molecule has 0 fully saturated rings. The van der Waals surface area contributed by atoms with Crippen molar-refractivity contribution in [2.75, 3.05) is 14.1 Å². The van der Waals surface area contributed by atoms with Crippen molar-refractivity contribution in [2.24, 2.45) is 10.9 Å². The van der Waals surface area contributed by atoms with Gasteiger partial charge < -0.3 is 19.8 Å². The second-order valence-corrected chi connectivity index (χ2v) is 8.80. The second kappa shape index (κ2) is 8.43. The number of ether oxygens (including phenoxy) is 1. The molecule has 1 unspecified atom stereocenters. The Kier molecular flexibility index (Phi) is 6.05. The number of nitrogens with two attached hydrogens (primary N) is 2. The quantitative estimate of drug-likeness (QED) is 0.559. The van der Waals surface area contributed by atoms with Gasteiger partial charge in [0.2, 0.25) is 10.0 Å². The number of hydrogen-bond acceptors (Lipinski definition) is 8. The van der Waals surface area contributed by atoms with Gasteiger partial charge in [-0.3, -0.25) is 0 Å². The molecule has 1 amide bonds. The van der Waals surface area contributed by atoms with Gasteiger partial charge >= 0.3 is 11.7 Å². The summed E-state index contributed by atoms with van der Waals surface area (Å²) in [6, 6.07) is 9.29. The Balaban J connectivity index is 2.17. The van der Waals surface area contributed by atoms with Crippen molar-refractivity contribution < 1.29 is 22.4 Å². The second-order valence-electron chi connectivity index (χ2n) is 7.24. The Morgan fingerprint density at radius 3 is 2.53 bits per heavy atom. The number of nitrogens with zero attached hydrogens (tertiary/aromatic N) is 2. The molecular formula is C21H20N4O6S. The van der Waals surface area contributed by atoms with Gasteiger partial charge in [0.05, 0.1) is 22.1 Å². The smallest absolute Gasteiger partial charge is 0.414 e. The van der Waals surface area contributed by atoms with E-state index in [0.717, 1.165) is 0 Å². The number of fused-ring (bicyclic) bond motifs is 1. The topological polar surface area (TPSA) is 170 Å². The lowest BCUT2D eigenvalue weighted by Gasteiger charge is -2.17. The average molecular weight is 456 g/mol. The van der Waals surface area contributed by atoms with Gasteiger partial charge in [0.25, 0.3) is 0 Å². The molecule has 11 heteroatoms. The van der Waals surface area contributed by atoms with E-state index in [2.05, 4.69) is 0 Å². The number of carbonyl (C=O) groups is 1. The average Bonchev–Trinajstić information content (AvgIpc) is 2.72. The summed E-state index contributed by atoms with van der Waals surface area (Å²) in [4.78, 5) is 25.7. The Labute approximate surface area is 183 Å². The monoisotopic (exact) mass is 456 g/mol. The number of sulfonamides is 1. The van der Waals surface area contributed by atoms with Gasteiger partial charge in [0.1, 0.15) is 11.7 Å². The fraction of sp³-hybridized carbons (Fsp3) is 0.190. The molecular weight excluding hydrogens is 436 g/mol. The molecule has 0 aliphatic rings. The maximum absolute atomic E-state index is 12.8. The molecule has 0 spiro atoms. The maximum Gasteiger partial charge on any atom is 0.414 e. The van der Waals surface area contributed by atoms with Crippen LogP contribution in [0.5, 0.6) is 5.75 Å². The van der Waals surface area contributed by atoms with Gasteiger partial charge in [-0.25, -0.2) is 23.1 Å². The van der Waals surface area contributed by atoms with E-state index < -0.39 is 27.8 Å². The first-order valence-electron chi connectivity index (χ1n) is 9.23. The van der Waals surface area contributed by atoms with E-state index in [1.165, 1.54) is 49.3 Å². The van der Waals surface area contributed by atoms with E-state index in [4.69, 9.17) is 20.0 Å². The highest BCUT2D eigenvalue weighted by molar-refractivity contribution is 7.89. The van der Waals surface area contributed by atoms with Crippen molar-refractivity contribution in [1.82, 2.24) is 4.90 Å². The molecule has 10 nitrogen and oxygen atoms in total. The highest BCUT2D eigenvalue weighted by Gasteiger charge is 2.23. The van der Waals surface area contributed by atoms with Gasteiger partial charge in [-0.05, 0) is 36.2 Å². The van der Waals surface area contributed by atoms with Crippen LogP contribution in [0.15, 0.2) is 50.5 Å². The van der Waals surface area contributed by atoms with Gasteiger partial charge in [-0.15, -0.1) is 0 Å². The highest BCUT2D eigenvalue weighted by Crippen LogP contribution is 2.31. The Morgan fingerprint density at radius 1 is 1.25 bits per heavy atom. The van der Waals surface area contributed by atoms with Crippen LogP contribution in [0.2, 0.25) is 0 Å². The van der Waals surface area contributed by atoms with Crippen LogP contribution in [0, 0.1) is 18.3 Å². The first-order chi connectivity index (χ1) is 14.9. The Hall–Kier alpha value is -3.72. The highest BCUT2D eigenvalue weighted by atomic mass is 32.2. The van der Waals surface area contributed by atoms with Crippen molar-refractivity contribution >= 4 is 27.1 Å². The van der Waals surface area contributed by atoms with Gasteiger partial charge in [-0.1, -0.05) is 12.1 Å². The fourth-order valence-corrected chi connectivity index (χ4v) is 3.73. The third-order valence-corrected chi connectivity index (χ3v) is 5.76. The molecule has 0 radical (unpaired) electrons. The van der Waals surface area contributed by atoms with Crippen LogP contribution in [0.1, 0.15) is 28.3 Å². The summed E-state index contributed by atoms with van der Waals surface area (Å²) in [5.74, 6) is -0.0563. The van der Waals surface area contributed by atoms with Crippen molar-refractivity contribution in [3.63, 3.8) is 0 Å². The van der Waals surface area contributed by atoms with E-state index >= 15 is 0 Å². The molecule has 0 aliphatic heterocycles. The Bertz CT molecular complexity index is 1440. The maximum atomic E-state index is 12.8. The van der Waals surface area contributed by atoms with Crippen molar-refractivity contribution in [3.05, 3.63) is 69.1 Å². The van der Waals surface area contributed by atoms with Crippen molar-refractivity contribution in [1.29, 1.82) is 5.26 Å². The van der Waals surface area contributed by atoms with Gasteiger partial charge in [0, 0.05) is 25.5 Å². The van der Waals surface area contributed by atoms with E-state index in [1.807, 2.05) is 6.07 Å². The lowest BCUT2D eigenvalue weighted by Crippen LogP contribution is -2.25. The zero-order chi connectivity index (χ0) is 23.8. The summed E-state index contributed by atoms with van der Waals surface area (Å²) >= 11 is 0. The molecule has 2 aromatic carbocycles. The minimum Gasteiger partial charge on any atom is -0.422 e. The predicted octanol–water partition coefficient (Wildman–Crippen LogP) is 1.73. The standard InChI is InChI=1S/C21H20N4O6S/c1-11-15-8-13(10-22)16(31-21(27)25(2)3)9-17(15)30-20(26)18(11)19(23)12-5-4-6-14(7-12)32(24,28)29/h4-9,19H,23H2,1-3H3,(H2,24,28,29). The molecule has 3 rings (SSSR count). The zero-order valence-electron chi connectivity index (χ0n) is 17.4. The molecule has 166 valence electrons. The van der Waals surface area contributed by atoms with Gasteiger partial charge in [-0.2, -0.15) is 5.26 Å². The summed E-state index contributed by atoms with van der Waals surface area (Å²) in [5, 5.41) is 15.1. The molecule has 1 atom stereocenters. The molecule has 32 heavy (non-hydrogen) atoms. The van der Waals surface area contributed by atoms with Crippen LogP contribution >= 0.6 is 0 Å². The van der Waals surface area contributed by atoms with Crippen LogP contribution in [0.3, 0.4) is 0 Å². The predicted molar refractivity (Wildman–Crippen MR) is 115 cm³/mol. The molecule has 3 aromatic rings. The molecule has 0 saturated heterocycles. The Morgan fingerprint density at radius 2 is 1.94 bits per heavy atom. The summed E-state index contributed by atoms with van der Waals surface area (Å²) in [5.41, 5.74) is 6.55. The third kappa shape index (κ3) is 4.33. The summed E-state index contributed by atoms with van der Waals surface area (Å²) in [6.45, 7) is 1.63. The van der Waals surface area contributed by atoms with Gasteiger partial charge in [0.15, 0.2) is 5.75 Å². The number of primary sulfonamides is 1. The lowest BCUT2D eigenvalue weighted by molar-refractivity contribution is 0.172. The lowest BCUT2D eigenvalue weighted by atomic mass is 9.95. The number of benzene rings is 2. The first-order valence-corrected chi connectivity index (χ1v) is 10.8. The van der Waals surface area contributed by atoms with E-state index in [-0.39, 0.29) is 27.4 Å². The van der Waals surface area contributed by atoms with Crippen LogP contribution in [0.4, 0.5) is 4.79 Å². The molecule has 0 bridgehead atoms. The first kappa shape index (κ1) is 23.0. The third-order valence-electron chi connectivity index (χ3n) is 4.85. The summed E-state index contributed by atoms with van der Waals surface area (Å²) in [6.07, 6.45) is -0.701. The summed E-state index contributed by atoms with van der Waals surface area (Å²) in [7, 11) is -0.995. The van der Waals surface area contributed by atoms with Crippen LogP contribution in [-0.4, -0.2) is 33.5 Å². The molecule has 0 saturated carbocycles. The molecule has 0 aliphatic carbocycles. The number of nitriles is 1. The molecule has 1 heterocycles. The van der Waals surface area contributed by atoms with Crippen molar-refractivity contribution in [2.45, 2.75) is 17.9 Å². The van der Waals surface area contributed by atoms with Crippen molar-refractivity contribution in [3.8, 4) is 11.8 Å². The normalized spacial score (nSPS) is 12.2. The number of rotatable bonds is 4. The number of amides is 1. The fourth-order valence-electron chi connectivity index (χ4n) is 3.16. The van der Waals surface area contributed by atoms with Crippen LogP contribution in [0.25, 0.3) is 11.0 Å². The number of carbonyl (C=O) groups excluding carboxylic acids is 1. The molecule has 1 aromatic heterocycles. The van der Waals surface area contributed by atoms with Crippen LogP contribution in [-0.2, 0) is 10.0 Å². The number of hydrogen-bond donors (Lipinski definition) is 2. The minimum absolute atomic E-state index is 0.0559. The van der Waals surface area contributed by atoms with E-state index in [9.17, 15) is 23.3 Å². The summed E-state index contributed by atoms with van der Waals surface area (Å²) < 4.78 is 33.9. The van der Waals surface area contributed by atoms with E-state index in [0.29, 0.717) is 16.5 Å². The largest absolute Gasteiger partial charge is 0.422 e.